The summed E-state index contributed by atoms with van der Waals surface area (Å²) >= 11 is 0. The van der Waals surface area contributed by atoms with Crippen molar-refractivity contribution in [2.75, 3.05) is 6.61 Å². The molecule has 0 aliphatic rings. The van der Waals surface area contributed by atoms with Crippen LogP contribution in [0.25, 0.3) is 5.78 Å². The van der Waals surface area contributed by atoms with Gasteiger partial charge in [0, 0.05) is 0 Å². The number of rotatable bonds is 2. The van der Waals surface area contributed by atoms with Gasteiger partial charge in [0.1, 0.15) is 12.0 Å². The molecule has 2 aromatic rings. The van der Waals surface area contributed by atoms with Gasteiger partial charge in [0.2, 0.25) is 0 Å². The number of aromatic nitrogens is 5. The molecule has 0 bridgehead atoms. The van der Waals surface area contributed by atoms with Gasteiger partial charge in [-0.2, -0.15) is 9.61 Å². The van der Waals surface area contributed by atoms with Crippen LogP contribution in [-0.4, -0.2) is 36.1 Å². The van der Waals surface area contributed by atoms with Crippen LogP contribution in [0.4, 0.5) is 0 Å². The number of aliphatic hydroxyl groups excluding tert-OH is 1. The smallest absolute Gasteiger partial charge is 0.276 e. The Balaban J connectivity index is 2.80. The van der Waals surface area contributed by atoms with Gasteiger partial charge in [-0.1, -0.05) is 0 Å². The zero-order chi connectivity index (χ0) is 10.1. The van der Waals surface area contributed by atoms with E-state index in [1.807, 2.05) is 0 Å². The molecule has 0 amide bonds. The lowest BCUT2D eigenvalue weighted by atomic mass is 10.5. The Morgan fingerprint density at radius 3 is 3.07 bits per heavy atom. The van der Waals surface area contributed by atoms with Gasteiger partial charge >= 0.3 is 0 Å². The van der Waals surface area contributed by atoms with Crippen molar-refractivity contribution in [1.29, 1.82) is 0 Å². The van der Waals surface area contributed by atoms with Crippen LogP contribution >= 0.6 is 0 Å². The Kier molecular flexibility index (Phi) is 2.01. The molecule has 74 valence electrons. The van der Waals surface area contributed by atoms with Gasteiger partial charge in [0.15, 0.2) is 0 Å². The maximum atomic E-state index is 11.6. The molecule has 0 aromatic carbocycles. The summed E-state index contributed by atoms with van der Waals surface area (Å²) in [7, 11) is 0. The first-order valence-electron chi connectivity index (χ1n) is 4.12. The zero-order valence-electron chi connectivity index (χ0n) is 7.58. The Bertz CT molecular complexity index is 514. The normalized spacial score (nSPS) is 11.0. The maximum Gasteiger partial charge on any atom is 0.276 e. The minimum atomic E-state index is -0.250. The van der Waals surface area contributed by atoms with E-state index in [9.17, 15) is 4.79 Å². The molecule has 7 nitrogen and oxygen atoms in total. The van der Waals surface area contributed by atoms with E-state index in [-0.39, 0.29) is 18.7 Å². The topological polar surface area (TPSA) is 85.3 Å². The van der Waals surface area contributed by atoms with Crippen LogP contribution in [0.3, 0.4) is 0 Å². The molecule has 0 aliphatic heterocycles. The van der Waals surface area contributed by atoms with Crippen molar-refractivity contribution in [2.45, 2.75) is 13.5 Å². The van der Waals surface area contributed by atoms with Crippen molar-refractivity contribution >= 4 is 5.78 Å². The highest BCUT2D eigenvalue weighted by molar-refractivity contribution is 5.24. The van der Waals surface area contributed by atoms with Crippen molar-refractivity contribution in [1.82, 2.24) is 24.4 Å². The summed E-state index contributed by atoms with van der Waals surface area (Å²) in [5, 5.41) is 20.1. The Labute approximate surface area is 78.6 Å². The Hall–Kier alpha value is -1.76. The van der Waals surface area contributed by atoms with Crippen molar-refractivity contribution in [3.05, 3.63) is 22.4 Å². The molecule has 14 heavy (non-hydrogen) atoms. The summed E-state index contributed by atoms with van der Waals surface area (Å²) in [5.41, 5.74) is 0.102. The van der Waals surface area contributed by atoms with Gasteiger partial charge in [-0.3, -0.25) is 9.36 Å². The van der Waals surface area contributed by atoms with Crippen molar-refractivity contribution in [2.24, 2.45) is 0 Å². The van der Waals surface area contributed by atoms with E-state index >= 15 is 0 Å². The monoisotopic (exact) mass is 195 g/mol. The predicted molar refractivity (Wildman–Crippen MR) is 46.9 cm³/mol. The van der Waals surface area contributed by atoms with Crippen LogP contribution in [0.5, 0.6) is 0 Å². The van der Waals surface area contributed by atoms with E-state index in [1.54, 1.807) is 6.92 Å². The van der Waals surface area contributed by atoms with Crippen LogP contribution in [0, 0.1) is 6.92 Å². The third-order valence-corrected chi connectivity index (χ3v) is 1.89. The molecular weight excluding hydrogens is 186 g/mol. The molecule has 2 rings (SSSR count). The highest BCUT2D eigenvalue weighted by Crippen LogP contribution is 1.94. The van der Waals surface area contributed by atoms with E-state index in [2.05, 4.69) is 15.3 Å². The van der Waals surface area contributed by atoms with Gasteiger partial charge in [0.05, 0.1) is 13.2 Å². The lowest BCUT2D eigenvalue weighted by Gasteiger charge is -2.04. The molecular formula is C7H9N5O2. The van der Waals surface area contributed by atoms with E-state index in [4.69, 9.17) is 5.11 Å². The first-order chi connectivity index (χ1) is 6.74. The second-order valence-electron chi connectivity index (χ2n) is 2.84. The molecule has 0 saturated heterocycles. The Morgan fingerprint density at radius 2 is 2.36 bits per heavy atom. The molecule has 0 aliphatic carbocycles. The maximum absolute atomic E-state index is 11.6. The quantitative estimate of drug-likeness (QED) is 0.636. The molecule has 7 heteroatoms. The summed E-state index contributed by atoms with van der Waals surface area (Å²) in [6.45, 7) is 1.69. The lowest BCUT2D eigenvalue weighted by Crippen LogP contribution is -2.27. The van der Waals surface area contributed by atoms with E-state index in [1.165, 1.54) is 15.4 Å². The van der Waals surface area contributed by atoms with Crippen molar-refractivity contribution in [3.8, 4) is 0 Å². The van der Waals surface area contributed by atoms with Crippen LogP contribution in [0.2, 0.25) is 0 Å². The summed E-state index contributed by atoms with van der Waals surface area (Å²) in [6.07, 6.45) is 1.41. The van der Waals surface area contributed by atoms with E-state index in [0.29, 0.717) is 11.5 Å². The van der Waals surface area contributed by atoms with Gasteiger partial charge in [-0.15, -0.1) is 10.2 Å². The third-order valence-electron chi connectivity index (χ3n) is 1.89. The molecule has 0 spiro atoms. The fourth-order valence-corrected chi connectivity index (χ4v) is 1.26. The van der Waals surface area contributed by atoms with Gasteiger partial charge in [-0.25, -0.2) is 0 Å². The minimum absolute atomic E-state index is 0.119. The van der Waals surface area contributed by atoms with Crippen molar-refractivity contribution in [3.63, 3.8) is 0 Å². The molecule has 0 radical (unpaired) electrons. The third kappa shape index (κ3) is 1.18. The highest BCUT2D eigenvalue weighted by Gasteiger charge is 2.08. The van der Waals surface area contributed by atoms with Crippen LogP contribution in [0.1, 0.15) is 5.69 Å². The first kappa shape index (κ1) is 8.82. The summed E-state index contributed by atoms with van der Waals surface area (Å²) < 4.78 is 2.75. The first-order valence-corrected chi connectivity index (χ1v) is 4.12. The Morgan fingerprint density at radius 1 is 1.57 bits per heavy atom. The highest BCUT2D eigenvalue weighted by atomic mass is 16.3. The molecule has 0 atom stereocenters. The lowest BCUT2D eigenvalue weighted by molar-refractivity contribution is 0.274. The number of fused-ring (bicyclic) bond motifs is 1. The van der Waals surface area contributed by atoms with Gasteiger partial charge in [-0.05, 0) is 6.92 Å². The van der Waals surface area contributed by atoms with Gasteiger partial charge in [0.25, 0.3) is 11.3 Å². The largest absolute Gasteiger partial charge is 0.395 e. The van der Waals surface area contributed by atoms with E-state index in [0.717, 1.165) is 0 Å². The SMILES string of the molecule is Cc1nn2cnnc2n(CCO)c1=O. The predicted octanol–water partition coefficient (Wildman–Crippen LogP) is -1.41. The van der Waals surface area contributed by atoms with Crippen LogP contribution < -0.4 is 5.56 Å². The zero-order valence-corrected chi connectivity index (χ0v) is 7.58. The number of hydrogen-bond acceptors (Lipinski definition) is 5. The molecule has 2 heterocycles. The molecule has 2 aromatic heterocycles. The van der Waals surface area contributed by atoms with Gasteiger partial charge < -0.3 is 5.11 Å². The van der Waals surface area contributed by atoms with Crippen LogP contribution in [0.15, 0.2) is 11.1 Å². The second-order valence-corrected chi connectivity index (χ2v) is 2.84. The number of aryl methyl sites for hydroxylation is 1. The second kappa shape index (κ2) is 3.18. The van der Waals surface area contributed by atoms with Crippen molar-refractivity contribution < 1.29 is 5.11 Å². The summed E-state index contributed by atoms with van der Waals surface area (Å²) in [6, 6.07) is 0. The molecule has 0 unspecified atom stereocenters. The fourth-order valence-electron chi connectivity index (χ4n) is 1.26. The number of aliphatic hydroxyl groups is 1. The number of nitrogens with zero attached hydrogens (tertiary/aromatic N) is 5. The standard InChI is InChI=1S/C7H9N5O2/c1-5-6(14)11(2-3-13)7-9-8-4-12(7)10-5/h4,13H,2-3H2,1H3. The average molecular weight is 195 g/mol. The molecule has 1 N–H and O–H groups in total. The molecule has 0 fully saturated rings. The summed E-state index contributed by atoms with van der Waals surface area (Å²) in [5.74, 6) is 0.342. The van der Waals surface area contributed by atoms with Crippen LogP contribution in [-0.2, 0) is 6.54 Å². The molecule has 0 saturated carbocycles. The van der Waals surface area contributed by atoms with E-state index < -0.39 is 0 Å². The average Bonchev–Trinajstić information content (AvgIpc) is 2.60. The number of hydrogen-bond donors (Lipinski definition) is 1. The minimum Gasteiger partial charge on any atom is -0.395 e. The summed E-state index contributed by atoms with van der Waals surface area (Å²) in [4.78, 5) is 11.6. The fraction of sp³-hybridized carbons (Fsp3) is 0.429.